The molecular formula is C6H11NO6S. The number of aliphatic carboxylic acids is 1. The molecule has 8 heteroatoms. The molecule has 14 heavy (non-hydrogen) atoms. The fraction of sp³-hybridized carbons (Fsp3) is 0.667. The molecule has 0 radical (unpaired) electrons. The Morgan fingerprint density at radius 2 is 2.00 bits per heavy atom. The van der Waals surface area contributed by atoms with Gasteiger partial charge in [0.05, 0.1) is 7.11 Å². The minimum atomic E-state index is -4.02. The standard InChI is InChI=1S/C6H11NO6S/c1-4(6(9)10)14(11,12)7-3-5(8)13-2/h4,7H,3H2,1-2H3,(H,9,10). The maximum Gasteiger partial charge on any atom is 0.323 e. The fourth-order valence-electron chi connectivity index (χ4n) is 0.489. The maximum absolute atomic E-state index is 11.1. The Morgan fingerprint density at radius 1 is 1.50 bits per heavy atom. The van der Waals surface area contributed by atoms with E-state index in [0.717, 1.165) is 14.0 Å². The topological polar surface area (TPSA) is 110 Å². The average molecular weight is 225 g/mol. The van der Waals surface area contributed by atoms with Crippen LogP contribution in [0.2, 0.25) is 0 Å². The molecule has 0 aromatic heterocycles. The summed E-state index contributed by atoms with van der Waals surface area (Å²) in [7, 11) is -2.92. The van der Waals surface area contributed by atoms with Gasteiger partial charge >= 0.3 is 11.9 Å². The number of methoxy groups -OCH3 is 1. The van der Waals surface area contributed by atoms with Gasteiger partial charge in [-0.1, -0.05) is 0 Å². The molecule has 7 nitrogen and oxygen atoms in total. The first-order valence-corrected chi connectivity index (χ1v) is 5.14. The summed E-state index contributed by atoms with van der Waals surface area (Å²) in [5, 5.41) is 6.80. The summed E-state index contributed by atoms with van der Waals surface area (Å²) < 4.78 is 28.2. The minimum absolute atomic E-state index is 0.573. The number of hydrogen-bond acceptors (Lipinski definition) is 5. The first-order chi connectivity index (χ1) is 6.31. The van der Waals surface area contributed by atoms with E-state index in [-0.39, 0.29) is 0 Å². The van der Waals surface area contributed by atoms with E-state index in [2.05, 4.69) is 4.74 Å². The normalized spacial score (nSPS) is 13.3. The summed E-state index contributed by atoms with van der Waals surface area (Å²) in [5.74, 6) is -2.27. The van der Waals surface area contributed by atoms with Crippen LogP contribution >= 0.6 is 0 Å². The highest BCUT2D eigenvalue weighted by Crippen LogP contribution is 1.97. The van der Waals surface area contributed by atoms with E-state index in [0.29, 0.717) is 0 Å². The van der Waals surface area contributed by atoms with Gasteiger partial charge in [-0.25, -0.2) is 13.1 Å². The monoisotopic (exact) mass is 225 g/mol. The van der Waals surface area contributed by atoms with Crippen molar-refractivity contribution < 1.29 is 27.9 Å². The van der Waals surface area contributed by atoms with Gasteiger partial charge in [-0.15, -0.1) is 0 Å². The zero-order chi connectivity index (χ0) is 11.4. The van der Waals surface area contributed by atoms with Crippen LogP contribution in [0.5, 0.6) is 0 Å². The number of rotatable bonds is 5. The molecule has 0 aromatic carbocycles. The first kappa shape index (κ1) is 12.8. The van der Waals surface area contributed by atoms with Crippen LogP contribution in [0.3, 0.4) is 0 Å². The minimum Gasteiger partial charge on any atom is -0.480 e. The Balaban J connectivity index is 4.36. The molecule has 82 valence electrons. The van der Waals surface area contributed by atoms with Crippen molar-refractivity contribution in [2.45, 2.75) is 12.2 Å². The Hall–Kier alpha value is -1.15. The molecule has 0 bridgehead atoms. The van der Waals surface area contributed by atoms with Gasteiger partial charge < -0.3 is 9.84 Å². The molecule has 0 amide bonds. The van der Waals surface area contributed by atoms with Crippen LogP contribution in [0.1, 0.15) is 6.92 Å². The number of nitrogens with one attached hydrogen (secondary N) is 1. The van der Waals surface area contributed by atoms with Crippen LogP contribution in [0.4, 0.5) is 0 Å². The van der Waals surface area contributed by atoms with Crippen molar-refractivity contribution >= 4 is 22.0 Å². The number of carbonyl (C=O) groups is 2. The van der Waals surface area contributed by atoms with Crippen molar-refractivity contribution in [3.8, 4) is 0 Å². The Labute approximate surface area is 81.1 Å². The molecule has 0 aliphatic heterocycles. The quantitative estimate of drug-likeness (QED) is 0.554. The number of esters is 1. The molecule has 0 fully saturated rings. The second-order valence-electron chi connectivity index (χ2n) is 2.42. The smallest absolute Gasteiger partial charge is 0.323 e. The maximum atomic E-state index is 11.1. The first-order valence-electron chi connectivity index (χ1n) is 3.59. The molecule has 0 heterocycles. The Bertz CT molecular complexity index is 321. The van der Waals surface area contributed by atoms with Crippen molar-refractivity contribution in [2.75, 3.05) is 13.7 Å². The van der Waals surface area contributed by atoms with E-state index >= 15 is 0 Å². The van der Waals surface area contributed by atoms with Crippen LogP contribution in [-0.2, 0) is 24.3 Å². The molecule has 0 rings (SSSR count). The molecule has 1 atom stereocenters. The van der Waals surface area contributed by atoms with E-state index in [9.17, 15) is 18.0 Å². The third-order valence-corrected chi connectivity index (χ3v) is 3.14. The largest absolute Gasteiger partial charge is 0.480 e. The van der Waals surface area contributed by atoms with E-state index in [1.807, 2.05) is 4.72 Å². The van der Waals surface area contributed by atoms with E-state index in [4.69, 9.17) is 5.11 Å². The summed E-state index contributed by atoms with van der Waals surface area (Å²) in [5.41, 5.74) is 0. The predicted octanol–water partition coefficient (Wildman–Crippen LogP) is -1.45. The van der Waals surface area contributed by atoms with Crippen LogP contribution in [0.25, 0.3) is 0 Å². The SMILES string of the molecule is COC(=O)CNS(=O)(=O)C(C)C(=O)O. The Morgan fingerprint density at radius 3 is 2.36 bits per heavy atom. The number of ether oxygens (including phenoxy) is 1. The molecule has 0 spiro atoms. The molecule has 0 aliphatic rings. The fourth-order valence-corrected chi connectivity index (χ4v) is 1.32. The lowest BCUT2D eigenvalue weighted by atomic mass is 10.5. The van der Waals surface area contributed by atoms with Gasteiger partial charge in [0, 0.05) is 0 Å². The van der Waals surface area contributed by atoms with Gasteiger partial charge in [0.25, 0.3) is 0 Å². The highest BCUT2D eigenvalue weighted by molar-refractivity contribution is 7.90. The summed E-state index contributed by atoms with van der Waals surface area (Å²) in [6.45, 7) is 0.429. The van der Waals surface area contributed by atoms with E-state index in [1.165, 1.54) is 0 Å². The lowest BCUT2D eigenvalue weighted by Crippen LogP contribution is -2.40. The van der Waals surface area contributed by atoms with Crippen molar-refractivity contribution in [1.29, 1.82) is 0 Å². The van der Waals surface area contributed by atoms with Crippen molar-refractivity contribution in [3.05, 3.63) is 0 Å². The Kier molecular flexibility index (Phi) is 4.51. The third kappa shape index (κ3) is 3.71. The van der Waals surface area contributed by atoms with E-state index < -0.39 is 33.8 Å². The van der Waals surface area contributed by atoms with Crippen molar-refractivity contribution in [1.82, 2.24) is 4.72 Å². The lowest BCUT2D eigenvalue weighted by Gasteiger charge is -2.08. The molecule has 0 saturated heterocycles. The summed E-state index contributed by atoms with van der Waals surface area (Å²) in [4.78, 5) is 20.9. The van der Waals surface area contributed by atoms with E-state index in [1.54, 1.807) is 0 Å². The second kappa shape index (κ2) is 4.91. The molecule has 0 aliphatic carbocycles. The van der Waals surface area contributed by atoms with Crippen LogP contribution < -0.4 is 4.72 Å². The number of sulfonamides is 1. The number of carboxylic acid groups (broad SMARTS) is 1. The molecule has 0 aromatic rings. The van der Waals surface area contributed by atoms with Crippen LogP contribution in [-0.4, -0.2) is 44.4 Å². The number of carbonyl (C=O) groups excluding carboxylic acids is 1. The molecular weight excluding hydrogens is 214 g/mol. The van der Waals surface area contributed by atoms with Gasteiger partial charge in [0.1, 0.15) is 6.54 Å². The highest BCUT2D eigenvalue weighted by atomic mass is 32.2. The number of carboxylic acids is 1. The number of hydrogen-bond donors (Lipinski definition) is 2. The van der Waals surface area contributed by atoms with Gasteiger partial charge in [-0.05, 0) is 6.92 Å². The van der Waals surface area contributed by atoms with Crippen molar-refractivity contribution in [2.24, 2.45) is 0 Å². The van der Waals surface area contributed by atoms with Crippen LogP contribution in [0, 0.1) is 0 Å². The highest BCUT2D eigenvalue weighted by Gasteiger charge is 2.27. The molecule has 1 unspecified atom stereocenters. The molecule has 0 saturated carbocycles. The molecule has 2 N–H and O–H groups in total. The summed E-state index contributed by atoms with van der Waals surface area (Å²) >= 11 is 0. The third-order valence-electron chi connectivity index (χ3n) is 1.46. The zero-order valence-electron chi connectivity index (χ0n) is 7.68. The van der Waals surface area contributed by atoms with Crippen LogP contribution in [0.15, 0.2) is 0 Å². The van der Waals surface area contributed by atoms with Gasteiger partial charge in [-0.2, -0.15) is 0 Å². The summed E-state index contributed by atoms with van der Waals surface area (Å²) in [6, 6.07) is 0. The second-order valence-corrected chi connectivity index (χ2v) is 4.51. The lowest BCUT2D eigenvalue weighted by molar-refractivity contribution is -0.139. The predicted molar refractivity (Wildman–Crippen MR) is 46.0 cm³/mol. The van der Waals surface area contributed by atoms with Crippen molar-refractivity contribution in [3.63, 3.8) is 0 Å². The summed E-state index contributed by atoms with van der Waals surface area (Å²) in [6.07, 6.45) is 0. The average Bonchev–Trinajstić information content (AvgIpc) is 2.12. The van der Waals surface area contributed by atoms with Gasteiger partial charge in [0.15, 0.2) is 5.25 Å². The van der Waals surface area contributed by atoms with Gasteiger partial charge in [-0.3, -0.25) is 9.59 Å². The zero-order valence-corrected chi connectivity index (χ0v) is 8.50. The van der Waals surface area contributed by atoms with Gasteiger partial charge in [0.2, 0.25) is 10.0 Å².